The molecule has 0 aliphatic rings. The van der Waals surface area contributed by atoms with Gasteiger partial charge in [0.2, 0.25) is 0 Å². The first kappa shape index (κ1) is 19.4. The van der Waals surface area contributed by atoms with Crippen LogP contribution in [0, 0.1) is 0 Å². The molecule has 0 radical (unpaired) electrons. The van der Waals surface area contributed by atoms with Crippen LogP contribution < -0.4 is 14.2 Å². The molecular formula is C19H19N3O5S. The van der Waals surface area contributed by atoms with E-state index in [4.69, 9.17) is 9.47 Å². The Morgan fingerprint density at radius 1 is 1.07 bits per heavy atom. The number of hydrogen-bond donors (Lipinski definition) is 1. The minimum atomic E-state index is -4.12. The van der Waals surface area contributed by atoms with Crippen LogP contribution in [-0.4, -0.2) is 38.3 Å². The molecule has 3 aromatic rings. The van der Waals surface area contributed by atoms with E-state index in [0.717, 1.165) is 5.56 Å². The maximum Gasteiger partial charge on any atom is 0.268 e. The molecule has 3 rings (SSSR count). The van der Waals surface area contributed by atoms with Gasteiger partial charge in [0, 0.05) is 12.4 Å². The van der Waals surface area contributed by atoms with Crippen LogP contribution in [0.4, 0.5) is 0 Å². The summed E-state index contributed by atoms with van der Waals surface area (Å²) in [5.41, 5.74) is 0.954. The molecule has 1 amide bonds. The number of ether oxygens (including phenoxy) is 2. The molecule has 0 spiro atoms. The number of amides is 1. The van der Waals surface area contributed by atoms with E-state index >= 15 is 0 Å². The first-order chi connectivity index (χ1) is 13.4. The highest BCUT2D eigenvalue weighted by Crippen LogP contribution is 2.25. The first-order valence-electron chi connectivity index (χ1n) is 8.29. The first-order valence-corrected chi connectivity index (χ1v) is 9.77. The van der Waals surface area contributed by atoms with E-state index < -0.39 is 15.9 Å². The highest BCUT2D eigenvalue weighted by molar-refractivity contribution is 7.90. The zero-order chi connectivity index (χ0) is 20.1. The van der Waals surface area contributed by atoms with Crippen molar-refractivity contribution in [3.05, 3.63) is 72.1 Å². The summed E-state index contributed by atoms with van der Waals surface area (Å²) in [6.45, 7) is 0.491. The van der Waals surface area contributed by atoms with E-state index in [0.29, 0.717) is 6.54 Å². The van der Waals surface area contributed by atoms with Gasteiger partial charge in [-0.05, 0) is 35.9 Å². The van der Waals surface area contributed by atoms with Gasteiger partial charge in [-0.15, -0.1) is 0 Å². The molecule has 1 N–H and O–H groups in total. The van der Waals surface area contributed by atoms with Crippen LogP contribution in [0.25, 0.3) is 0 Å². The van der Waals surface area contributed by atoms with Crippen LogP contribution in [0.3, 0.4) is 0 Å². The summed E-state index contributed by atoms with van der Waals surface area (Å²) in [7, 11) is -1.35. The average molecular weight is 401 g/mol. The van der Waals surface area contributed by atoms with E-state index in [-0.39, 0.29) is 22.0 Å². The van der Waals surface area contributed by atoms with Crippen molar-refractivity contribution in [3.63, 3.8) is 0 Å². The summed E-state index contributed by atoms with van der Waals surface area (Å²) in [5, 5.41) is 4.13. The molecule has 0 unspecified atom stereocenters. The lowest BCUT2D eigenvalue weighted by molar-refractivity contribution is 0.0978. The molecule has 8 nitrogen and oxygen atoms in total. The Labute approximate surface area is 162 Å². The van der Waals surface area contributed by atoms with Gasteiger partial charge in [0.15, 0.2) is 0 Å². The Bertz CT molecular complexity index is 1080. The summed E-state index contributed by atoms with van der Waals surface area (Å²) >= 11 is 0. The van der Waals surface area contributed by atoms with Crippen molar-refractivity contribution in [2.45, 2.75) is 11.4 Å². The summed E-state index contributed by atoms with van der Waals surface area (Å²) < 4.78 is 39.3. The maximum absolute atomic E-state index is 12.6. The predicted molar refractivity (Wildman–Crippen MR) is 102 cm³/mol. The summed E-state index contributed by atoms with van der Waals surface area (Å²) in [5.74, 6) is -0.393. The van der Waals surface area contributed by atoms with Gasteiger partial charge < -0.3 is 9.47 Å². The van der Waals surface area contributed by atoms with Gasteiger partial charge in [0.25, 0.3) is 15.9 Å². The van der Waals surface area contributed by atoms with Crippen molar-refractivity contribution >= 4 is 15.9 Å². The lowest BCUT2D eigenvalue weighted by Gasteiger charge is -2.13. The highest BCUT2D eigenvalue weighted by Gasteiger charge is 2.24. The Hall–Kier alpha value is -3.33. The maximum atomic E-state index is 12.6. The van der Waals surface area contributed by atoms with Crippen molar-refractivity contribution in [2.75, 3.05) is 14.2 Å². The number of sulfonamides is 1. The number of benzene rings is 2. The Morgan fingerprint density at radius 3 is 2.50 bits per heavy atom. The van der Waals surface area contributed by atoms with Gasteiger partial charge in [-0.3, -0.25) is 9.48 Å². The third kappa shape index (κ3) is 4.15. The largest absolute Gasteiger partial charge is 0.496 e. The minimum absolute atomic E-state index is 0.102. The molecule has 0 saturated carbocycles. The highest BCUT2D eigenvalue weighted by atomic mass is 32.2. The second-order valence-electron chi connectivity index (χ2n) is 5.82. The molecule has 2 aromatic carbocycles. The fourth-order valence-electron chi connectivity index (χ4n) is 2.68. The molecule has 146 valence electrons. The van der Waals surface area contributed by atoms with Crippen molar-refractivity contribution in [3.8, 4) is 11.5 Å². The topological polar surface area (TPSA) is 99.5 Å². The lowest BCUT2D eigenvalue weighted by Crippen LogP contribution is -2.31. The molecule has 0 atom stereocenters. The Morgan fingerprint density at radius 2 is 1.82 bits per heavy atom. The molecule has 0 aliphatic heterocycles. The zero-order valence-corrected chi connectivity index (χ0v) is 16.1. The van der Waals surface area contributed by atoms with Crippen LogP contribution in [0.15, 0.2) is 65.8 Å². The molecule has 0 aliphatic carbocycles. The SMILES string of the molecule is COc1cc(Cn2cccn2)ccc1C(=O)NS(=O)(=O)c1ccccc1OC. The molecular weight excluding hydrogens is 382 g/mol. The van der Waals surface area contributed by atoms with Crippen molar-refractivity contribution < 1.29 is 22.7 Å². The molecule has 1 aromatic heterocycles. The molecule has 28 heavy (non-hydrogen) atoms. The van der Waals surface area contributed by atoms with Gasteiger partial charge in [-0.2, -0.15) is 5.10 Å². The molecule has 1 heterocycles. The number of methoxy groups -OCH3 is 2. The fraction of sp³-hybridized carbons (Fsp3) is 0.158. The second-order valence-corrected chi connectivity index (χ2v) is 7.47. The van der Waals surface area contributed by atoms with Gasteiger partial charge in [0.05, 0.1) is 26.3 Å². The summed E-state index contributed by atoms with van der Waals surface area (Å²) in [6.07, 6.45) is 3.48. The Kier molecular flexibility index (Phi) is 5.65. The number of rotatable bonds is 7. The van der Waals surface area contributed by atoms with Gasteiger partial charge >= 0.3 is 0 Å². The summed E-state index contributed by atoms with van der Waals surface area (Å²) in [4.78, 5) is 12.5. The van der Waals surface area contributed by atoms with Crippen LogP contribution in [0.2, 0.25) is 0 Å². The van der Waals surface area contributed by atoms with E-state index in [1.54, 1.807) is 35.1 Å². The van der Waals surface area contributed by atoms with Crippen LogP contribution in [0.5, 0.6) is 11.5 Å². The van der Waals surface area contributed by atoms with Crippen LogP contribution in [0.1, 0.15) is 15.9 Å². The fourth-order valence-corrected chi connectivity index (χ4v) is 3.81. The third-order valence-electron chi connectivity index (χ3n) is 4.00. The second kappa shape index (κ2) is 8.13. The smallest absolute Gasteiger partial charge is 0.268 e. The lowest BCUT2D eigenvalue weighted by atomic mass is 10.1. The van der Waals surface area contributed by atoms with Crippen molar-refractivity contribution in [1.82, 2.24) is 14.5 Å². The van der Waals surface area contributed by atoms with Gasteiger partial charge in [0.1, 0.15) is 16.4 Å². The van der Waals surface area contributed by atoms with E-state index in [1.165, 1.54) is 32.4 Å². The monoisotopic (exact) mass is 401 g/mol. The van der Waals surface area contributed by atoms with Crippen molar-refractivity contribution in [2.24, 2.45) is 0 Å². The number of carbonyl (C=O) groups excluding carboxylic acids is 1. The number of hydrogen-bond acceptors (Lipinski definition) is 6. The number of para-hydroxylation sites is 1. The number of aromatic nitrogens is 2. The minimum Gasteiger partial charge on any atom is -0.496 e. The standard InChI is InChI=1S/C19H19N3O5S/c1-26-16-6-3-4-7-18(16)28(24,25)21-19(23)15-9-8-14(12-17(15)27-2)13-22-11-5-10-20-22/h3-12H,13H2,1-2H3,(H,21,23). The Balaban J connectivity index is 1.85. The normalized spacial score (nSPS) is 11.1. The molecule has 0 fully saturated rings. The van der Waals surface area contributed by atoms with Gasteiger partial charge in [-0.25, -0.2) is 13.1 Å². The number of carbonyl (C=O) groups is 1. The molecule has 9 heteroatoms. The van der Waals surface area contributed by atoms with Crippen LogP contribution >= 0.6 is 0 Å². The number of nitrogens with one attached hydrogen (secondary N) is 1. The van der Waals surface area contributed by atoms with Crippen LogP contribution in [-0.2, 0) is 16.6 Å². The third-order valence-corrected chi connectivity index (χ3v) is 5.37. The quantitative estimate of drug-likeness (QED) is 0.651. The van der Waals surface area contributed by atoms with Gasteiger partial charge in [-0.1, -0.05) is 18.2 Å². The molecule has 0 bridgehead atoms. The number of nitrogens with zero attached hydrogens (tertiary/aromatic N) is 2. The summed E-state index contributed by atoms with van der Waals surface area (Å²) in [6, 6.07) is 12.8. The van der Waals surface area contributed by atoms with E-state index in [9.17, 15) is 13.2 Å². The predicted octanol–water partition coefficient (Wildman–Crippen LogP) is 2.07. The molecule has 0 saturated heterocycles. The van der Waals surface area contributed by atoms with E-state index in [2.05, 4.69) is 9.82 Å². The zero-order valence-electron chi connectivity index (χ0n) is 15.3. The van der Waals surface area contributed by atoms with Crippen molar-refractivity contribution in [1.29, 1.82) is 0 Å². The van der Waals surface area contributed by atoms with E-state index in [1.807, 2.05) is 12.3 Å². The average Bonchev–Trinajstić information content (AvgIpc) is 3.20.